The number of H-pyrrole nitrogens is 1. The SMILES string of the molecule is C=Cc1cccc2c1[nH]c1ccccc12.c1ccncc1. The molecule has 2 heterocycles. The molecular weight excluding hydrogens is 256 g/mol. The van der Waals surface area contributed by atoms with Crippen molar-refractivity contribution in [2.24, 2.45) is 0 Å². The number of aromatic amines is 1. The van der Waals surface area contributed by atoms with Crippen LogP contribution in [-0.4, -0.2) is 9.97 Å². The molecule has 0 aliphatic carbocycles. The normalized spacial score (nSPS) is 10.1. The highest BCUT2D eigenvalue weighted by Gasteiger charge is 2.04. The molecule has 0 aliphatic heterocycles. The van der Waals surface area contributed by atoms with Crippen LogP contribution in [0.15, 0.2) is 79.6 Å². The lowest BCUT2D eigenvalue weighted by Crippen LogP contribution is -1.73. The molecule has 4 rings (SSSR count). The zero-order chi connectivity index (χ0) is 14.5. The Bertz CT molecular complexity index is 834. The number of aromatic nitrogens is 2. The van der Waals surface area contributed by atoms with E-state index in [1.54, 1.807) is 12.4 Å². The summed E-state index contributed by atoms with van der Waals surface area (Å²) in [6, 6.07) is 20.4. The van der Waals surface area contributed by atoms with Gasteiger partial charge in [0.05, 0.1) is 5.52 Å². The van der Waals surface area contributed by atoms with Crippen molar-refractivity contribution in [1.29, 1.82) is 0 Å². The average molecular weight is 272 g/mol. The second-order valence-corrected chi connectivity index (χ2v) is 4.67. The molecule has 2 aromatic heterocycles. The standard InChI is InChI=1S/C14H11N.C5H5N/c1-2-10-6-5-8-12-11-7-3-4-9-13(11)15-14(10)12;1-2-4-6-5-3-1/h2-9,15H,1H2;1-5H. The number of hydrogen-bond acceptors (Lipinski definition) is 1. The van der Waals surface area contributed by atoms with E-state index in [0.29, 0.717) is 0 Å². The summed E-state index contributed by atoms with van der Waals surface area (Å²) in [4.78, 5) is 7.21. The van der Waals surface area contributed by atoms with Crippen molar-refractivity contribution in [3.05, 3.63) is 85.2 Å². The van der Waals surface area contributed by atoms with E-state index in [1.807, 2.05) is 30.3 Å². The van der Waals surface area contributed by atoms with Gasteiger partial charge >= 0.3 is 0 Å². The van der Waals surface area contributed by atoms with Gasteiger partial charge in [-0.1, -0.05) is 55.1 Å². The van der Waals surface area contributed by atoms with Gasteiger partial charge in [0.25, 0.3) is 0 Å². The number of pyridine rings is 1. The Morgan fingerprint density at radius 2 is 1.57 bits per heavy atom. The smallest absolute Gasteiger partial charge is 0.0538 e. The van der Waals surface area contributed by atoms with Crippen LogP contribution in [0.3, 0.4) is 0 Å². The fourth-order valence-corrected chi connectivity index (χ4v) is 2.38. The second kappa shape index (κ2) is 6.06. The van der Waals surface area contributed by atoms with Gasteiger partial charge in [0.15, 0.2) is 0 Å². The van der Waals surface area contributed by atoms with Crippen LogP contribution in [0.25, 0.3) is 27.9 Å². The summed E-state index contributed by atoms with van der Waals surface area (Å²) in [5.41, 5.74) is 3.51. The molecule has 2 aromatic carbocycles. The summed E-state index contributed by atoms with van der Waals surface area (Å²) in [6.07, 6.45) is 5.39. The van der Waals surface area contributed by atoms with Crippen LogP contribution in [0.1, 0.15) is 5.56 Å². The number of nitrogens with one attached hydrogen (secondary N) is 1. The minimum Gasteiger partial charge on any atom is -0.354 e. The molecule has 0 fully saturated rings. The highest BCUT2D eigenvalue weighted by atomic mass is 14.7. The summed E-state index contributed by atoms with van der Waals surface area (Å²) in [6.45, 7) is 3.83. The minimum atomic E-state index is 1.16. The summed E-state index contributed by atoms with van der Waals surface area (Å²) >= 11 is 0. The lowest BCUT2D eigenvalue weighted by Gasteiger charge is -1.94. The zero-order valence-corrected chi connectivity index (χ0v) is 11.7. The van der Waals surface area contributed by atoms with Gasteiger partial charge in [-0.3, -0.25) is 4.98 Å². The van der Waals surface area contributed by atoms with Crippen LogP contribution in [-0.2, 0) is 0 Å². The third kappa shape index (κ3) is 2.70. The fraction of sp³-hybridized carbons (Fsp3) is 0. The molecule has 2 heteroatoms. The van der Waals surface area contributed by atoms with Crippen LogP contribution in [0, 0.1) is 0 Å². The molecule has 102 valence electrons. The number of rotatable bonds is 1. The van der Waals surface area contributed by atoms with Crippen LogP contribution < -0.4 is 0 Å². The molecule has 0 bridgehead atoms. The predicted molar refractivity (Wildman–Crippen MR) is 90.1 cm³/mol. The van der Waals surface area contributed by atoms with Gasteiger partial charge in [-0.15, -0.1) is 0 Å². The molecule has 21 heavy (non-hydrogen) atoms. The Hall–Kier alpha value is -2.87. The Labute approximate surface area is 123 Å². The number of para-hydroxylation sites is 2. The summed E-state index contributed by atoms with van der Waals surface area (Å²) in [7, 11) is 0. The fourth-order valence-electron chi connectivity index (χ4n) is 2.38. The third-order valence-electron chi connectivity index (χ3n) is 3.36. The van der Waals surface area contributed by atoms with Gasteiger partial charge in [-0.25, -0.2) is 0 Å². The molecule has 0 saturated carbocycles. The van der Waals surface area contributed by atoms with Crippen molar-refractivity contribution in [3.8, 4) is 0 Å². The molecule has 4 aromatic rings. The third-order valence-corrected chi connectivity index (χ3v) is 3.36. The molecule has 0 atom stereocenters. The lowest BCUT2D eigenvalue weighted by atomic mass is 10.1. The first-order chi connectivity index (χ1) is 10.4. The molecule has 0 saturated heterocycles. The molecule has 0 amide bonds. The molecule has 0 radical (unpaired) electrons. The van der Waals surface area contributed by atoms with Gasteiger partial charge in [-0.2, -0.15) is 0 Å². The van der Waals surface area contributed by atoms with E-state index < -0.39 is 0 Å². The second-order valence-electron chi connectivity index (χ2n) is 4.67. The van der Waals surface area contributed by atoms with Crippen molar-refractivity contribution in [2.75, 3.05) is 0 Å². The van der Waals surface area contributed by atoms with Crippen molar-refractivity contribution in [3.63, 3.8) is 0 Å². The van der Waals surface area contributed by atoms with Crippen molar-refractivity contribution < 1.29 is 0 Å². The zero-order valence-electron chi connectivity index (χ0n) is 11.7. The number of fused-ring (bicyclic) bond motifs is 3. The molecular formula is C19H16N2. The maximum atomic E-state index is 3.83. The monoisotopic (exact) mass is 272 g/mol. The topological polar surface area (TPSA) is 28.7 Å². The van der Waals surface area contributed by atoms with Gasteiger partial charge in [0.1, 0.15) is 0 Å². The Morgan fingerprint density at radius 1 is 0.810 bits per heavy atom. The number of benzene rings is 2. The van der Waals surface area contributed by atoms with E-state index in [2.05, 4.69) is 52.9 Å². The lowest BCUT2D eigenvalue weighted by molar-refractivity contribution is 1.33. The molecule has 0 unspecified atom stereocenters. The Morgan fingerprint density at radius 3 is 2.24 bits per heavy atom. The maximum Gasteiger partial charge on any atom is 0.0538 e. The van der Waals surface area contributed by atoms with Crippen molar-refractivity contribution in [2.45, 2.75) is 0 Å². The van der Waals surface area contributed by atoms with E-state index in [9.17, 15) is 0 Å². The molecule has 2 nitrogen and oxygen atoms in total. The van der Waals surface area contributed by atoms with E-state index in [1.165, 1.54) is 21.8 Å². The van der Waals surface area contributed by atoms with Crippen molar-refractivity contribution >= 4 is 27.9 Å². The van der Waals surface area contributed by atoms with Crippen LogP contribution in [0.2, 0.25) is 0 Å². The Kier molecular flexibility index (Phi) is 3.79. The van der Waals surface area contributed by atoms with Crippen LogP contribution in [0.5, 0.6) is 0 Å². The molecule has 0 aliphatic rings. The van der Waals surface area contributed by atoms with E-state index in [0.717, 1.165) is 5.56 Å². The van der Waals surface area contributed by atoms with E-state index in [-0.39, 0.29) is 0 Å². The molecule has 1 N–H and O–H groups in total. The highest BCUT2D eigenvalue weighted by molar-refractivity contribution is 6.09. The van der Waals surface area contributed by atoms with Gasteiger partial charge < -0.3 is 4.98 Å². The summed E-state index contributed by atoms with van der Waals surface area (Å²) in [5, 5.41) is 2.54. The first kappa shape index (κ1) is 13.1. The van der Waals surface area contributed by atoms with Gasteiger partial charge in [0.2, 0.25) is 0 Å². The minimum absolute atomic E-state index is 1.16. The average Bonchev–Trinajstić information content (AvgIpc) is 2.96. The largest absolute Gasteiger partial charge is 0.354 e. The Balaban J connectivity index is 0.000000186. The van der Waals surface area contributed by atoms with Crippen molar-refractivity contribution in [1.82, 2.24) is 9.97 Å². The maximum absolute atomic E-state index is 3.83. The molecule has 0 spiro atoms. The first-order valence-corrected chi connectivity index (χ1v) is 6.87. The van der Waals surface area contributed by atoms with Gasteiger partial charge in [-0.05, 0) is 23.8 Å². The summed E-state index contributed by atoms with van der Waals surface area (Å²) in [5.74, 6) is 0. The van der Waals surface area contributed by atoms with E-state index in [4.69, 9.17) is 0 Å². The predicted octanol–water partition coefficient (Wildman–Crippen LogP) is 5.05. The van der Waals surface area contributed by atoms with Crippen LogP contribution >= 0.6 is 0 Å². The first-order valence-electron chi connectivity index (χ1n) is 6.87. The van der Waals surface area contributed by atoms with Gasteiger partial charge in [0, 0.05) is 28.7 Å². The number of hydrogen-bond donors (Lipinski definition) is 1. The van der Waals surface area contributed by atoms with E-state index >= 15 is 0 Å². The van der Waals surface area contributed by atoms with Crippen LogP contribution in [0.4, 0.5) is 0 Å². The highest BCUT2D eigenvalue weighted by Crippen LogP contribution is 2.27. The quantitative estimate of drug-likeness (QED) is 0.516. The number of nitrogens with zero attached hydrogens (tertiary/aromatic N) is 1. The summed E-state index contributed by atoms with van der Waals surface area (Å²) < 4.78 is 0.